The molecular formula is C4H12O2. The summed E-state index contributed by atoms with van der Waals surface area (Å²) in [6.07, 6.45) is 0. The molecule has 2 nitrogen and oxygen atoms in total. The number of rotatable bonds is 0. The Morgan fingerprint density at radius 2 is 1.17 bits per heavy atom. The Balaban J connectivity index is -0.00000000500. The minimum absolute atomic E-state index is 0. The van der Waals surface area contributed by atoms with E-state index in [9.17, 15) is 0 Å². The summed E-state index contributed by atoms with van der Waals surface area (Å²) >= 11 is 0. The van der Waals surface area contributed by atoms with Gasteiger partial charge in [0.15, 0.2) is 0 Å². The van der Waals surface area contributed by atoms with Crippen molar-refractivity contribution in [2.45, 2.75) is 14.9 Å². The summed E-state index contributed by atoms with van der Waals surface area (Å²) in [6, 6.07) is 0. The molecule has 0 rings (SSSR count). The minimum atomic E-state index is 0. The van der Waals surface area contributed by atoms with Crippen molar-refractivity contribution in [3.8, 4) is 0 Å². The topological polar surface area (TPSA) is 40.1 Å². The van der Waals surface area contributed by atoms with Gasteiger partial charge in [-0.1, -0.05) is 14.9 Å². The zero-order chi connectivity index (χ0) is 4.00. The fourth-order valence-corrected chi connectivity index (χ4v) is 0. The molecule has 0 aromatic heterocycles. The number of aliphatic hydroxyl groups is 1. The molecule has 0 saturated heterocycles. The molecule has 0 bridgehead atoms. The Bertz CT molecular complexity index is 10.3. The Labute approximate surface area is 39.5 Å². The quantitative estimate of drug-likeness (QED) is 0.349. The van der Waals surface area contributed by atoms with Gasteiger partial charge in [0.1, 0.15) is 0 Å². The summed E-state index contributed by atoms with van der Waals surface area (Å²) < 4.78 is 7.50. The van der Waals surface area contributed by atoms with Crippen LogP contribution in [-0.4, -0.2) is 12.2 Å². The summed E-state index contributed by atoms with van der Waals surface area (Å²) in [5, 5.41) is 7.00. The van der Waals surface area contributed by atoms with Crippen molar-refractivity contribution >= 4 is 0 Å². The van der Waals surface area contributed by atoms with Gasteiger partial charge < -0.3 is 5.11 Å². The molecule has 0 aliphatic rings. The number of hydrogen-bond acceptors (Lipinski definition) is 1. The van der Waals surface area contributed by atoms with Crippen molar-refractivity contribution in [1.29, 1.82) is 0 Å². The van der Waals surface area contributed by atoms with Gasteiger partial charge in [0, 0.05) is 7.11 Å². The summed E-state index contributed by atoms with van der Waals surface area (Å²) in [6.45, 7) is 4.50. The SMILES string of the molecule is C.C.CO.[C-]#[O+]. The van der Waals surface area contributed by atoms with Crippen LogP contribution in [0.2, 0.25) is 0 Å². The third kappa shape index (κ3) is 300. The molecule has 0 aliphatic heterocycles. The van der Waals surface area contributed by atoms with Gasteiger partial charge in [0.2, 0.25) is 0 Å². The fraction of sp³-hybridized carbons (Fsp3) is 0.750. The predicted molar refractivity (Wildman–Crippen MR) is 25.5 cm³/mol. The molecule has 6 heavy (non-hydrogen) atoms. The summed E-state index contributed by atoms with van der Waals surface area (Å²) in [7, 11) is 1.00. The van der Waals surface area contributed by atoms with Crippen LogP contribution in [0.15, 0.2) is 0 Å². The van der Waals surface area contributed by atoms with Gasteiger partial charge in [-0.3, -0.25) is 0 Å². The van der Waals surface area contributed by atoms with Gasteiger partial charge in [-0.2, -0.15) is 0 Å². The molecule has 0 heterocycles. The van der Waals surface area contributed by atoms with Crippen molar-refractivity contribution in [3.63, 3.8) is 0 Å². The van der Waals surface area contributed by atoms with E-state index in [1.807, 2.05) is 0 Å². The van der Waals surface area contributed by atoms with Crippen LogP contribution in [0.5, 0.6) is 0 Å². The second kappa shape index (κ2) is 715. The molecule has 0 spiro atoms. The second-order valence-corrected chi connectivity index (χ2v) is 0. The van der Waals surface area contributed by atoms with E-state index in [1.54, 1.807) is 0 Å². The number of aliphatic hydroxyl groups excluding tert-OH is 1. The van der Waals surface area contributed by atoms with E-state index in [2.05, 4.69) is 6.65 Å². The average Bonchev–Trinajstić information content (AvgIpc) is 1.50. The molecule has 0 amide bonds. The molecule has 0 atom stereocenters. The van der Waals surface area contributed by atoms with E-state index in [0.717, 1.165) is 7.11 Å². The van der Waals surface area contributed by atoms with Crippen LogP contribution in [0.1, 0.15) is 14.9 Å². The fourth-order valence-electron chi connectivity index (χ4n) is 0. The van der Waals surface area contributed by atoms with E-state index in [0.29, 0.717) is 0 Å². The van der Waals surface area contributed by atoms with E-state index in [1.165, 1.54) is 0 Å². The van der Waals surface area contributed by atoms with Crippen LogP contribution in [0.25, 0.3) is 0 Å². The molecule has 0 aromatic carbocycles. The summed E-state index contributed by atoms with van der Waals surface area (Å²) in [5.74, 6) is 0. The van der Waals surface area contributed by atoms with Crippen molar-refractivity contribution in [1.82, 2.24) is 0 Å². The van der Waals surface area contributed by atoms with Crippen LogP contribution in [-0.2, 0) is 4.65 Å². The zero-order valence-electron chi connectivity index (χ0n) is 2.36. The van der Waals surface area contributed by atoms with Crippen molar-refractivity contribution < 1.29 is 9.76 Å². The van der Waals surface area contributed by atoms with Gasteiger partial charge in [-0.25, -0.2) is 0 Å². The standard InChI is InChI=1S/CH4O.CO.2CH4/c2*1-2;;/h2H,1H3;;2*1H4. The molecule has 0 radical (unpaired) electrons. The van der Waals surface area contributed by atoms with Gasteiger partial charge in [0.25, 0.3) is 0 Å². The molecule has 0 saturated carbocycles. The first-order valence-electron chi connectivity index (χ1n) is 0.651. The monoisotopic (exact) mass is 92.1 g/mol. The van der Waals surface area contributed by atoms with E-state index in [-0.39, 0.29) is 14.9 Å². The Morgan fingerprint density at radius 3 is 1.17 bits per heavy atom. The molecule has 0 fully saturated rings. The van der Waals surface area contributed by atoms with Crippen molar-refractivity contribution in [2.75, 3.05) is 7.11 Å². The van der Waals surface area contributed by atoms with E-state index < -0.39 is 0 Å². The van der Waals surface area contributed by atoms with Gasteiger partial charge in [-0.05, 0) is 0 Å². The molecule has 40 valence electrons. The van der Waals surface area contributed by atoms with Crippen LogP contribution >= 0.6 is 0 Å². The molecule has 0 unspecified atom stereocenters. The van der Waals surface area contributed by atoms with E-state index in [4.69, 9.17) is 9.76 Å². The van der Waals surface area contributed by atoms with E-state index >= 15 is 0 Å². The van der Waals surface area contributed by atoms with Crippen LogP contribution in [0, 0.1) is 6.65 Å². The predicted octanol–water partition coefficient (Wildman–Crippen LogP) is 0.843. The normalized spacial score (nSPS) is 1.33. The van der Waals surface area contributed by atoms with Gasteiger partial charge >= 0.3 is 11.3 Å². The third-order valence-electron chi connectivity index (χ3n) is 0. The van der Waals surface area contributed by atoms with Crippen LogP contribution < -0.4 is 0 Å². The summed E-state index contributed by atoms with van der Waals surface area (Å²) in [4.78, 5) is 0. The maximum absolute atomic E-state index is 7.50. The Hall–Kier alpha value is -0.300. The molecule has 0 aliphatic carbocycles. The van der Waals surface area contributed by atoms with Crippen LogP contribution in [0.4, 0.5) is 0 Å². The van der Waals surface area contributed by atoms with Gasteiger partial charge in [0.05, 0.1) is 0 Å². The molecule has 0 aromatic rings. The first-order valence-corrected chi connectivity index (χ1v) is 0.651. The first kappa shape index (κ1) is 43.6. The Morgan fingerprint density at radius 1 is 1.17 bits per heavy atom. The number of hydrogen-bond donors (Lipinski definition) is 1. The molecule has 1 N–H and O–H groups in total. The molecule has 2 heteroatoms. The first-order chi connectivity index (χ1) is 2.00. The maximum atomic E-state index is 7.50. The average molecular weight is 92.1 g/mol. The van der Waals surface area contributed by atoms with Gasteiger partial charge in [-0.15, -0.1) is 0 Å². The zero-order valence-corrected chi connectivity index (χ0v) is 2.36. The summed E-state index contributed by atoms with van der Waals surface area (Å²) in [5.41, 5.74) is 0. The third-order valence-corrected chi connectivity index (χ3v) is 0. The van der Waals surface area contributed by atoms with Crippen molar-refractivity contribution in [3.05, 3.63) is 6.65 Å². The second-order valence-electron chi connectivity index (χ2n) is 0. The van der Waals surface area contributed by atoms with Crippen molar-refractivity contribution in [2.24, 2.45) is 0 Å². The molecular weight excluding hydrogens is 80.0 g/mol. The Kier molecular flexibility index (Phi) is 5190. The van der Waals surface area contributed by atoms with Crippen LogP contribution in [0.3, 0.4) is 0 Å².